The van der Waals surface area contributed by atoms with Gasteiger partial charge in [-0.25, -0.2) is 4.79 Å². The van der Waals surface area contributed by atoms with Gasteiger partial charge in [0.1, 0.15) is 12.4 Å². The van der Waals surface area contributed by atoms with Gasteiger partial charge in [-0.15, -0.1) is 0 Å². The van der Waals surface area contributed by atoms with E-state index in [2.05, 4.69) is 16.0 Å². The molecule has 0 saturated heterocycles. The molecule has 2 aromatic rings. The molecule has 0 heterocycles. The van der Waals surface area contributed by atoms with Crippen molar-refractivity contribution >= 4 is 23.3 Å². The first-order valence-electron chi connectivity index (χ1n) is 8.29. The predicted molar refractivity (Wildman–Crippen MR) is 103 cm³/mol. The summed E-state index contributed by atoms with van der Waals surface area (Å²) in [6, 6.07) is 11.8. The van der Waals surface area contributed by atoms with Crippen LogP contribution in [0.5, 0.6) is 17.2 Å². The summed E-state index contributed by atoms with van der Waals surface area (Å²) in [5.74, 6) is 1.50. The number of methoxy groups -OCH3 is 2. The van der Waals surface area contributed by atoms with E-state index in [0.717, 1.165) is 0 Å². The molecule has 0 bridgehead atoms. The maximum atomic E-state index is 12.1. The van der Waals surface area contributed by atoms with E-state index in [1.54, 1.807) is 37.4 Å². The highest BCUT2D eigenvalue weighted by Crippen LogP contribution is 2.28. The number of urea groups is 1. The van der Waals surface area contributed by atoms with Gasteiger partial charge in [0.2, 0.25) is 5.91 Å². The lowest BCUT2D eigenvalue weighted by molar-refractivity contribution is -0.114. The Labute approximate surface area is 157 Å². The van der Waals surface area contributed by atoms with E-state index in [9.17, 15) is 9.59 Å². The molecule has 2 aromatic carbocycles. The summed E-state index contributed by atoms with van der Waals surface area (Å²) in [5, 5.41) is 8.03. The SMILES string of the molecule is COc1ccc(NC(C)=O)cc1NC(=O)NCCOc1ccccc1OC. The minimum Gasteiger partial charge on any atom is -0.495 e. The van der Waals surface area contributed by atoms with E-state index in [0.29, 0.717) is 28.6 Å². The van der Waals surface area contributed by atoms with Crippen LogP contribution in [-0.4, -0.2) is 39.3 Å². The van der Waals surface area contributed by atoms with Crippen LogP contribution >= 0.6 is 0 Å². The largest absolute Gasteiger partial charge is 0.495 e. The summed E-state index contributed by atoms with van der Waals surface area (Å²) in [6.07, 6.45) is 0. The zero-order valence-corrected chi connectivity index (χ0v) is 15.5. The molecule has 0 radical (unpaired) electrons. The Morgan fingerprint density at radius 2 is 1.63 bits per heavy atom. The van der Waals surface area contributed by atoms with E-state index < -0.39 is 6.03 Å². The second-order valence-electron chi connectivity index (χ2n) is 5.48. The first-order chi connectivity index (χ1) is 13.0. The number of benzene rings is 2. The van der Waals surface area contributed by atoms with E-state index >= 15 is 0 Å². The number of hydrogen-bond donors (Lipinski definition) is 3. The van der Waals surface area contributed by atoms with Crippen LogP contribution in [0.3, 0.4) is 0 Å². The molecule has 0 atom stereocenters. The van der Waals surface area contributed by atoms with Crippen molar-refractivity contribution in [2.75, 3.05) is 38.0 Å². The lowest BCUT2D eigenvalue weighted by Crippen LogP contribution is -2.32. The molecule has 8 heteroatoms. The maximum Gasteiger partial charge on any atom is 0.319 e. The van der Waals surface area contributed by atoms with Crippen molar-refractivity contribution in [3.8, 4) is 17.2 Å². The molecular formula is C19H23N3O5. The molecule has 3 amide bonds. The average Bonchev–Trinajstić information content (AvgIpc) is 2.65. The molecule has 0 fully saturated rings. The lowest BCUT2D eigenvalue weighted by Gasteiger charge is -2.14. The molecule has 0 aliphatic rings. The number of nitrogens with one attached hydrogen (secondary N) is 3. The van der Waals surface area contributed by atoms with Crippen molar-refractivity contribution in [2.45, 2.75) is 6.92 Å². The molecule has 3 N–H and O–H groups in total. The van der Waals surface area contributed by atoms with Gasteiger partial charge in [-0.2, -0.15) is 0 Å². The number of carbonyl (C=O) groups is 2. The molecule has 27 heavy (non-hydrogen) atoms. The third-order valence-corrected chi connectivity index (χ3v) is 3.48. The minimum atomic E-state index is -0.420. The van der Waals surface area contributed by atoms with Crippen LogP contribution in [0.2, 0.25) is 0 Å². The van der Waals surface area contributed by atoms with Gasteiger partial charge in [0.15, 0.2) is 11.5 Å². The zero-order chi connectivity index (χ0) is 19.6. The number of hydrogen-bond acceptors (Lipinski definition) is 5. The van der Waals surface area contributed by atoms with Gasteiger partial charge in [0.25, 0.3) is 0 Å². The Kier molecular flexibility index (Phi) is 7.30. The van der Waals surface area contributed by atoms with Crippen molar-refractivity contribution in [3.05, 3.63) is 42.5 Å². The Morgan fingerprint density at radius 1 is 0.926 bits per heavy atom. The molecule has 2 rings (SSSR count). The fourth-order valence-electron chi connectivity index (χ4n) is 2.32. The summed E-state index contributed by atoms with van der Waals surface area (Å²) >= 11 is 0. The van der Waals surface area contributed by atoms with Crippen molar-refractivity contribution in [2.24, 2.45) is 0 Å². The summed E-state index contributed by atoms with van der Waals surface area (Å²) in [5.41, 5.74) is 0.991. The standard InChI is InChI=1S/C19H23N3O5/c1-13(23)21-14-8-9-16(25-2)15(12-14)22-19(24)20-10-11-27-18-7-5-4-6-17(18)26-3/h4-9,12H,10-11H2,1-3H3,(H,21,23)(H2,20,22,24). The smallest absolute Gasteiger partial charge is 0.319 e. The molecule has 8 nitrogen and oxygen atoms in total. The summed E-state index contributed by atoms with van der Waals surface area (Å²) < 4.78 is 16.0. The lowest BCUT2D eigenvalue weighted by atomic mass is 10.2. The van der Waals surface area contributed by atoms with Crippen LogP contribution in [-0.2, 0) is 4.79 Å². The molecule has 0 aromatic heterocycles. The number of ether oxygens (including phenoxy) is 3. The zero-order valence-electron chi connectivity index (χ0n) is 15.5. The van der Waals surface area contributed by atoms with Crippen molar-refractivity contribution < 1.29 is 23.8 Å². The predicted octanol–water partition coefficient (Wildman–Crippen LogP) is 2.86. The molecule has 0 unspecified atom stereocenters. The Hall–Kier alpha value is -3.42. The minimum absolute atomic E-state index is 0.205. The van der Waals surface area contributed by atoms with Gasteiger partial charge in [-0.3, -0.25) is 4.79 Å². The van der Waals surface area contributed by atoms with Crippen LogP contribution in [0, 0.1) is 0 Å². The van der Waals surface area contributed by atoms with Gasteiger partial charge in [-0.1, -0.05) is 12.1 Å². The highest BCUT2D eigenvalue weighted by Gasteiger charge is 2.09. The monoisotopic (exact) mass is 373 g/mol. The highest BCUT2D eigenvalue weighted by atomic mass is 16.5. The molecule has 0 spiro atoms. The van der Waals surface area contributed by atoms with E-state index in [4.69, 9.17) is 14.2 Å². The van der Waals surface area contributed by atoms with Crippen LogP contribution in [0.4, 0.5) is 16.2 Å². The molecule has 0 saturated carbocycles. The van der Waals surface area contributed by atoms with Gasteiger partial charge < -0.3 is 30.2 Å². The molecular weight excluding hydrogens is 350 g/mol. The number of carbonyl (C=O) groups excluding carboxylic acids is 2. The third kappa shape index (κ3) is 6.10. The quantitative estimate of drug-likeness (QED) is 0.618. The highest BCUT2D eigenvalue weighted by molar-refractivity contribution is 5.94. The van der Waals surface area contributed by atoms with Crippen molar-refractivity contribution in [1.29, 1.82) is 0 Å². The number of anilines is 2. The number of amides is 3. The molecule has 144 valence electrons. The first kappa shape index (κ1) is 19.9. The second kappa shape index (κ2) is 9.91. The van der Waals surface area contributed by atoms with Gasteiger partial charge in [-0.05, 0) is 30.3 Å². The average molecular weight is 373 g/mol. The first-order valence-corrected chi connectivity index (χ1v) is 8.29. The van der Waals surface area contributed by atoms with Gasteiger partial charge in [0.05, 0.1) is 26.5 Å². The van der Waals surface area contributed by atoms with Crippen LogP contribution < -0.4 is 30.2 Å². The van der Waals surface area contributed by atoms with Crippen LogP contribution in [0.1, 0.15) is 6.92 Å². The summed E-state index contributed by atoms with van der Waals surface area (Å²) in [6.45, 7) is 1.97. The Bertz CT molecular complexity index is 795. The van der Waals surface area contributed by atoms with Gasteiger partial charge in [0, 0.05) is 12.6 Å². The van der Waals surface area contributed by atoms with Crippen molar-refractivity contribution in [1.82, 2.24) is 5.32 Å². The summed E-state index contributed by atoms with van der Waals surface area (Å²) in [4.78, 5) is 23.3. The van der Waals surface area contributed by atoms with Crippen LogP contribution in [0.15, 0.2) is 42.5 Å². The Balaban J connectivity index is 1.87. The van der Waals surface area contributed by atoms with Crippen LogP contribution in [0.25, 0.3) is 0 Å². The van der Waals surface area contributed by atoms with E-state index in [-0.39, 0.29) is 19.1 Å². The Morgan fingerprint density at radius 3 is 2.30 bits per heavy atom. The topological polar surface area (TPSA) is 97.9 Å². The van der Waals surface area contributed by atoms with Gasteiger partial charge >= 0.3 is 6.03 Å². The summed E-state index contributed by atoms with van der Waals surface area (Å²) in [7, 11) is 3.06. The number of rotatable bonds is 8. The van der Waals surface area contributed by atoms with Crippen molar-refractivity contribution in [3.63, 3.8) is 0 Å². The normalized spacial score (nSPS) is 9.89. The molecule has 0 aliphatic carbocycles. The maximum absolute atomic E-state index is 12.1. The van der Waals surface area contributed by atoms with E-state index in [1.807, 2.05) is 12.1 Å². The fourth-order valence-corrected chi connectivity index (χ4v) is 2.32. The fraction of sp³-hybridized carbons (Fsp3) is 0.263. The van der Waals surface area contributed by atoms with E-state index in [1.165, 1.54) is 14.0 Å². The number of para-hydroxylation sites is 2. The molecule has 0 aliphatic heterocycles. The second-order valence-corrected chi connectivity index (χ2v) is 5.48. The third-order valence-electron chi connectivity index (χ3n) is 3.48.